The van der Waals surface area contributed by atoms with Crippen LogP contribution in [0.3, 0.4) is 0 Å². The summed E-state index contributed by atoms with van der Waals surface area (Å²) in [4.78, 5) is 11.7. The first-order chi connectivity index (χ1) is 11.6. The Balaban J connectivity index is 1.63. The number of ether oxygens (including phenoxy) is 1. The number of carbonyl (C=O) groups excluding carboxylic acids is 1. The van der Waals surface area contributed by atoms with Gasteiger partial charge >= 0.3 is 6.03 Å². The van der Waals surface area contributed by atoms with Gasteiger partial charge in [-0.2, -0.15) is 0 Å². The van der Waals surface area contributed by atoms with E-state index in [2.05, 4.69) is 10.6 Å². The number of hydrogen-bond acceptors (Lipinski definition) is 2. The average Bonchev–Trinajstić information content (AvgIpc) is 2.54. The molecular formula is C19H23ClN2O2. The van der Waals surface area contributed by atoms with E-state index in [1.807, 2.05) is 56.3 Å². The molecule has 0 radical (unpaired) electrons. The molecule has 2 aromatic rings. The Bertz CT molecular complexity index is 669. The zero-order chi connectivity index (χ0) is 17.4. The predicted molar refractivity (Wildman–Crippen MR) is 98.0 cm³/mol. The van der Waals surface area contributed by atoms with Gasteiger partial charge in [-0.15, -0.1) is 0 Å². The van der Waals surface area contributed by atoms with Gasteiger partial charge in [-0.3, -0.25) is 0 Å². The van der Waals surface area contributed by atoms with Crippen LogP contribution in [0.2, 0.25) is 5.02 Å². The van der Waals surface area contributed by atoms with E-state index in [-0.39, 0.29) is 6.03 Å². The molecule has 2 amide bonds. The van der Waals surface area contributed by atoms with Crippen LogP contribution in [0.5, 0.6) is 5.75 Å². The van der Waals surface area contributed by atoms with E-state index in [1.54, 1.807) is 0 Å². The van der Waals surface area contributed by atoms with Gasteiger partial charge in [0.1, 0.15) is 12.4 Å². The molecule has 0 aliphatic rings. The van der Waals surface area contributed by atoms with Gasteiger partial charge < -0.3 is 15.4 Å². The van der Waals surface area contributed by atoms with Crippen molar-refractivity contribution in [2.24, 2.45) is 0 Å². The van der Waals surface area contributed by atoms with E-state index in [9.17, 15) is 4.79 Å². The number of amides is 2. The second kappa shape index (κ2) is 9.18. The minimum Gasteiger partial charge on any atom is -0.491 e. The quantitative estimate of drug-likeness (QED) is 0.747. The number of para-hydroxylation sites is 1. The third-order valence-corrected chi connectivity index (χ3v) is 3.87. The van der Waals surface area contributed by atoms with Crippen molar-refractivity contribution in [3.05, 3.63) is 64.2 Å². The zero-order valence-electron chi connectivity index (χ0n) is 14.1. The van der Waals surface area contributed by atoms with E-state index in [0.29, 0.717) is 24.7 Å². The van der Waals surface area contributed by atoms with E-state index in [4.69, 9.17) is 16.3 Å². The molecule has 0 saturated heterocycles. The summed E-state index contributed by atoms with van der Waals surface area (Å²) in [5.41, 5.74) is 3.29. The monoisotopic (exact) mass is 346 g/mol. The lowest BCUT2D eigenvalue weighted by Gasteiger charge is -2.12. The second-order valence-corrected chi connectivity index (χ2v) is 6.07. The maximum atomic E-state index is 11.7. The van der Waals surface area contributed by atoms with E-state index >= 15 is 0 Å². The van der Waals surface area contributed by atoms with Gasteiger partial charge in [0.05, 0.1) is 6.54 Å². The standard InChI is InChI=1S/C19H23ClN2O2/c1-14-5-3-6-15(2)18(14)24-12-11-22-19(23)21-10-9-16-7-4-8-17(20)13-16/h3-8,13H,9-12H2,1-2H3,(H2,21,22,23). The van der Waals surface area contributed by atoms with Crippen LogP contribution in [0.15, 0.2) is 42.5 Å². The molecule has 2 rings (SSSR count). The normalized spacial score (nSPS) is 10.3. The predicted octanol–water partition coefficient (Wildman–Crippen LogP) is 3.88. The molecule has 0 spiro atoms. The van der Waals surface area contributed by atoms with Crippen LogP contribution in [0.1, 0.15) is 16.7 Å². The molecule has 2 aromatic carbocycles. The summed E-state index contributed by atoms with van der Waals surface area (Å²) in [6.07, 6.45) is 0.743. The molecular weight excluding hydrogens is 324 g/mol. The Kier molecular flexibility index (Phi) is 6.94. The van der Waals surface area contributed by atoms with Crippen LogP contribution in [-0.2, 0) is 6.42 Å². The molecule has 0 atom stereocenters. The van der Waals surface area contributed by atoms with Crippen molar-refractivity contribution in [1.82, 2.24) is 10.6 Å². The number of nitrogens with one attached hydrogen (secondary N) is 2. The van der Waals surface area contributed by atoms with Gasteiger partial charge in [0.2, 0.25) is 0 Å². The Labute approximate surface area is 148 Å². The topological polar surface area (TPSA) is 50.4 Å². The van der Waals surface area contributed by atoms with Gasteiger partial charge in [0, 0.05) is 11.6 Å². The van der Waals surface area contributed by atoms with E-state index in [0.717, 1.165) is 28.9 Å². The van der Waals surface area contributed by atoms with Crippen molar-refractivity contribution in [2.45, 2.75) is 20.3 Å². The molecule has 0 saturated carbocycles. The minimum absolute atomic E-state index is 0.192. The summed E-state index contributed by atoms with van der Waals surface area (Å²) in [6.45, 7) is 5.48. The largest absolute Gasteiger partial charge is 0.491 e. The summed E-state index contributed by atoms with van der Waals surface area (Å²) in [6, 6.07) is 13.5. The van der Waals surface area contributed by atoms with Crippen molar-refractivity contribution in [2.75, 3.05) is 19.7 Å². The average molecular weight is 347 g/mol. The highest BCUT2D eigenvalue weighted by molar-refractivity contribution is 6.30. The van der Waals surface area contributed by atoms with Crippen LogP contribution in [0.25, 0.3) is 0 Å². The molecule has 0 aliphatic carbocycles. The molecule has 0 unspecified atom stereocenters. The summed E-state index contributed by atoms with van der Waals surface area (Å²) >= 11 is 5.93. The molecule has 2 N–H and O–H groups in total. The number of benzene rings is 2. The highest BCUT2D eigenvalue weighted by Gasteiger charge is 2.04. The van der Waals surface area contributed by atoms with E-state index < -0.39 is 0 Å². The van der Waals surface area contributed by atoms with Gasteiger partial charge in [0.15, 0.2) is 0 Å². The fourth-order valence-electron chi connectivity index (χ4n) is 2.42. The van der Waals surface area contributed by atoms with Crippen molar-refractivity contribution < 1.29 is 9.53 Å². The van der Waals surface area contributed by atoms with Crippen molar-refractivity contribution in [1.29, 1.82) is 0 Å². The number of halogens is 1. The van der Waals surface area contributed by atoms with Gasteiger partial charge in [0.25, 0.3) is 0 Å². The maximum absolute atomic E-state index is 11.7. The molecule has 0 bridgehead atoms. The summed E-state index contributed by atoms with van der Waals surface area (Å²) in [7, 11) is 0. The molecule has 5 heteroatoms. The number of rotatable bonds is 7. The maximum Gasteiger partial charge on any atom is 0.314 e. The second-order valence-electron chi connectivity index (χ2n) is 5.63. The first-order valence-corrected chi connectivity index (χ1v) is 8.39. The van der Waals surface area contributed by atoms with Gasteiger partial charge in [-0.05, 0) is 49.1 Å². The lowest BCUT2D eigenvalue weighted by molar-refractivity contribution is 0.236. The van der Waals surface area contributed by atoms with Crippen LogP contribution < -0.4 is 15.4 Å². The number of aryl methyl sites for hydroxylation is 2. The minimum atomic E-state index is -0.192. The summed E-state index contributed by atoms with van der Waals surface area (Å²) in [5.74, 6) is 0.890. The smallest absolute Gasteiger partial charge is 0.314 e. The Hall–Kier alpha value is -2.20. The molecule has 24 heavy (non-hydrogen) atoms. The van der Waals surface area contributed by atoms with Crippen molar-refractivity contribution in [3.8, 4) is 5.75 Å². The van der Waals surface area contributed by atoms with Crippen LogP contribution in [0, 0.1) is 13.8 Å². The molecule has 128 valence electrons. The fraction of sp³-hybridized carbons (Fsp3) is 0.316. The summed E-state index contributed by atoms with van der Waals surface area (Å²) < 4.78 is 5.75. The van der Waals surface area contributed by atoms with Crippen LogP contribution in [0.4, 0.5) is 4.79 Å². The van der Waals surface area contributed by atoms with Crippen molar-refractivity contribution >= 4 is 17.6 Å². The van der Waals surface area contributed by atoms with Gasteiger partial charge in [-0.1, -0.05) is 41.9 Å². The lowest BCUT2D eigenvalue weighted by Crippen LogP contribution is -2.38. The number of carbonyl (C=O) groups is 1. The van der Waals surface area contributed by atoms with Gasteiger partial charge in [-0.25, -0.2) is 4.79 Å². The van der Waals surface area contributed by atoms with E-state index in [1.165, 1.54) is 0 Å². The zero-order valence-corrected chi connectivity index (χ0v) is 14.8. The highest BCUT2D eigenvalue weighted by atomic mass is 35.5. The first-order valence-electron chi connectivity index (χ1n) is 8.01. The first kappa shape index (κ1) is 18.1. The van der Waals surface area contributed by atoms with Crippen LogP contribution in [-0.4, -0.2) is 25.7 Å². The molecule has 0 aliphatic heterocycles. The molecule has 4 nitrogen and oxygen atoms in total. The molecule has 0 fully saturated rings. The highest BCUT2D eigenvalue weighted by Crippen LogP contribution is 2.21. The Morgan fingerprint density at radius 2 is 1.71 bits per heavy atom. The summed E-state index contributed by atoms with van der Waals surface area (Å²) in [5, 5.41) is 6.32. The molecule has 0 heterocycles. The number of hydrogen-bond donors (Lipinski definition) is 2. The van der Waals surface area contributed by atoms with Crippen LogP contribution >= 0.6 is 11.6 Å². The fourth-order valence-corrected chi connectivity index (χ4v) is 2.63. The molecule has 0 aromatic heterocycles. The number of urea groups is 1. The van der Waals surface area contributed by atoms with Crippen molar-refractivity contribution in [3.63, 3.8) is 0 Å². The SMILES string of the molecule is Cc1cccc(C)c1OCCNC(=O)NCCc1cccc(Cl)c1. The Morgan fingerprint density at radius 1 is 1.04 bits per heavy atom. The third-order valence-electron chi connectivity index (χ3n) is 3.63. The third kappa shape index (κ3) is 5.78. The Morgan fingerprint density at radius 3 is 2.42 bits per heavy atom. The lowest BCUT2D eigenvalue weighted by atomic mass is 10.1.